The van der Waals surface area contributed by atoms with Gasteiger partial charge in [-0.25, -0.2) is 9.97 Å². The fraction of sp³-hybridized carbons (Fsp3) is 0.292. The van der Waals surface area contributed by atoms with Gasteiger partial charge in [-0.1, -0.05) is 6.07 Å². The van der Waals surface area contributed by atoms with Crippen LogP contribution < -0.4 is 15.5 Å². The van der Waals surface area contributed by atoms with Gasteiger partial charge in [-0.05, 0) is 67.4 Å². The second kappa shape index (κ2) is 10.2. The van der Waals surface area contributed by atoms with Crippen molar-refractivity contribution in [1.29, 1.82) is 0 Å². The Morgan fingerprint density at radius 3 is 2.82 bits per heavy atom. The average molecular weight is 477 g/mol. The van der Waals surface area contributed by atoms with E-state index in [0.717, 1.165) is 67.7 Å². The molecule has 0 spiro atoms. The topological polar surface area (TPSA) is 113 Å². The molecule has 0 bridgehead atoms. The van der Waals surface area contributed by atoms with Crippen LogP contribution in [0.25, 0.3) is 17.3 Å². The highest BCUT2D eigenvalue weighted by Crippen LogP contribution is 2.26. The van der Waals surface area contributed by atoms with Crippen molar-refractivity contribution in [3.63, 3.8) is 0 Å². The number of nitrogens with one attached hydrogen (secondary N) is 2. The van der Waals surface area contributed by atoms with Crippen LogP contribution >= 0.6 is 11.8 Å². The van der Waals surface area contributed by atoms with E-state index in [0.29, 0.717) is 22.5 Å². The Morgan fingerprint density at radius 1 is 1.18 bits per heavy atom. The number of furan rings is 1. The van der Waals surface area contributed by atoms with Crippen LogP contribution in [0.5, 0.6) is 0 Å². The molecule has 0 radical (unpaired) electrons. The average Bonchev–Trinajstić information content (AvgIpc) is 3.50. The van der Waals surface area contributed by atoms with Crippen molar-refractivity contribution in [2.24, 2.45) is 5.92 Å². The lowest BCUT2D eigenvalue weighted by atomic mass is 9.97. The largest absolute Gasteiger partial charge is 0.472 e. The van der Waals surface area contributed by atoms with Gasteiger partial charge in [0.15, 0.2) is 0 Å². The number of carbonyl (C=O) groups excluding carboxylic acids is 2. The van der Waals surface area contributed by atoms with Crippen molar-refractivity contribution in [3.8, 4) is 11.3 Å². The third-order valence-corrected chi connectivity index (χ3v) is 6.66. The summed E-state index contributed by atoms with van der Waals surface area (Å²) in [6.07, 6.45) is 8.75. The fourth-order valence-electron chi connectivity index (χ4n) is 4.04. The van der Waals surface area contributed by atoms with E-state index >= 15 is 0 Å². The number of hydrogen-bond donors (Lipinski definition) is 2. The Hall–Kier alpha value is -3.50. The number of piperidine rings is 1. The first-order valence-electron chi connectivity index (χ1n) is 11.2. The molecule has 0 aliphatic carbocycles. The molecule has 0 aromatic carbocycles. The second-order valence-electron chi connectivity index (χ2n) is 8.22. The summed E-state index contributed by atoms with van der Waals surface area (Å²) in [5.74, 6) is 0.839. The summed E-state index contributed by atoms with van der Waals surface area (Å²) < 4.78 is 5.15. The normalized spacial score (nSPS) is 18.0. The van der Waals surface area contributed by atoms with Crippen LogP contribution in [0.15, 0.2) is 58.4 Å². The predicted molar refractivity (Wildman–Crippen MR) is 130 cm³/mol. The molecule has 2 aliphatic rings. The van der Waals surface area contributed by atoms with Crippen LogP contribution in [0.4, 0.5) is 10.7 Å². The van der Waals surface area contributed by atoms with E-state index in [1.165, 1.54) is 0 Å². The minimum Gasteiger partial charge on any atom is -0.472 e. The predicted octanol–water partition coefficient (Wildman–Crippen LogP) is 3.46. The summed E-state index contributed by atoms with van der Waals surface area (Å²) in [5.41, 5.74) is 3.52. The molecule has 2 amide bonds. The summed E-state index contributed by atoms with van der Waals surface area (Å²) in [6.45, 7) is 3.39. The number of rotatable bonds is 7. The van der Waals surface area contributed by atoms with Crippen molar-refractivity contribution >= 4 is 34.9 Å². The fourth-order valence-corrected chi connectivity index (χ4v) is 4.71. The number of nitrogens with zero attached hydrogens (tertiary/aromatic N) is 4. The lowest BCUT2D eigenvalue weighted by molar-refractivity contribution is -0.115. The number of amides is 2. The van der Waals surface area contributed by atoms with E-state index in [4.69, 9.17) is 9.40 Å². The molecule has 10 heteroatoms. The number of carbonyl (C=O) groups is 2. The third-order valence-electron chi connectivity index (χ3n) is 5.85. The minimum atomic E-state index is -0.383. The molecule has 2 fully saturated rings. The van der Waals surface area contributed by atoms with Gasteiger partial charge >= 0.3 is 0 Å². The first-order chi connectivity index (χ1) is 16.6. The zero-order valence-corrected chi connectivity index (χ0v) is 19.3. The van der Waals surface area contributed by atoms with E-state index in [-0.39, 0.29) is 11.1 Å². The molecule has 9 nitrogen and oxygen atoms in total. The van der Waals surface area contributed by atoms with Crippen LogP contribution in [0, 0.1) is 5.92 Å². The van der Waals surface area contributed by atoms with Crippen molar-refractivity contribution in [3.05, 3.63) is 65.3 Å². The van der Waals surface area contributed by atoms with Gasteiger partial charge in [-0.2, -0.15) is 0 Å². The molecule has 0 saturated carbocycles. The molecule has 0 unspecified atom stereocenters. The Morgan fingerprint density at radius 2 is 2.06 bits per heavy atom. The molecule has 5 heterocycles. The standard InChI is InChI=1S/C24H24N6O3S/c31-22-21(34-24(32)29-22)12-18-4-8-26-23(28-18)30-9-5-16(6-10-30)13-25-14-19-2-1-3-20(27-19)17-7-11-33-15-17/h1-4,7-8,11-12,15-16,25H,5-6,9-10,13-14H2,(H,29,31,32). The second-order valence-corrected chi connectivity index (χ2v) is 9.24. The molecule has 0 atom stereocenters. The Bertz CT molecular complexity index is 1200. The van der Waals surface area contributed by atoms with Crippen LogP contribution in [0.2, 0.25) is 0 Å². The number of thioether (sulfide) groups is 1. The summed E-state index contributed by atoms with van der Waals surface area (Å²) in [5, 5.41) is 5.44. The van der Waals surface area contributed by atoms with E-state index in [9.17, 15) is 9.59 Å². The van der Waals surface area contributed by atoms with Gasteiger partial charge in [-0.15, -0.1) is 0 Å². The number of aromatic nitrogens is 3. The van der Waals surface area contributed by atoms with Crippen molar-refractivity contribution in [1.82, 2.24) is 25.6 Å². The van der Waals surface area contributed by atoms with Crippen molar-refractivity contribution in [2.45, 2.75) is 19.4 Å². The minimum absolute atomic E-state index is 0.351. The molecule has 2 N–H and O–H groups in total. The monoisotopic (exact) mass is 476 g/mol. The number of hydrogen-bond acceptors (Lipinski definition) is 9. The summed E-state index contributed by atoms with van der Waals surface area (Å²) in [4.78, 5) is 39.3. The maximum Gasteiger partial charge on any atom is 0.290 e. The van der Waals surface area contributed by atoms with Gasteiger partial charge in [-0.3, -0.25) is 19.9 Å². The zero-order valence-electron chi connectivity index (χ0n) is 18.4. The summed E-state index contributed by atoms with van der Waals surface area (Å²) in [7, 11) is 0. The molecule has 3 aromatic heterocycles. The Labute approximate surface area is 201 Å². The molecule has 5 rings (SSSR count). The van der Waals surface area contributed by atoms with Crippen molar-refractivity contribution < 1.29 is 14.0 Å². The first-order valence-corrected chi connectivity index (χ1v) is 12.0. The van der Waals surface area contributed by atoms with Gasteiger partial charge in [0.25, 0.3) is 11.1 Å². The highest BCUT2D eigenvalue weighted by Gasteiger charge is 2.25. The molecule has 174 valence electrons. The Balaban J connectivity index is 1.11. The third kappa shape index (κ3) is 5.35. The van der Waals surface area contributed by atoms with E-state index in [1.54, 1.807) is 30.9 Å². The maximum absolute atomic E-state index is 11.8. The molecule has 2 saturated heterocycles. The lowest BCUT2D eigenvalue weighted by Crippen LogP contribution is -2.38. The van der Waals surface area contributed by atoms with Crippen LogP contribution in [0.3, 0.4) is 0 Å². The first kappa shape index (κ1) is 22.3. The van der Waals surface area contributed by atoms with Gasteiger partial charge < -0.3 is 14.6 Å². The molecule has 34 heavy (non-hydrogen) atoms. The molecule has 3 aromatic rings. The van der Waals surface area contributed by atoms with Gasteiger partial charge in [0.2, 0.25) is 5.95 Å². The van der Waals surface area contributed by atoms with Crippen LogP contribution in [-0.2, 0) is 11.3 Å². The number of anilines is 1. The quantitative estimate of drug-likeness (QED) is 0.495. The molecular weight excluding hydrogens is 452 g/mol. The Kier molecular flexibility index (Phi) is 6.68. The zero-order chi connectivity index (χ0) is 23.3. The number of imide groups is 1. The molecule has 2 aliphatic heterocycles. The maximum atomic E-state index is 11.8. The van der Waals surface area contributed by atoms with Gasteiger partial charge in [0.1, 0.15) is 0 Å². The smallest absolute Gasteiger partial charge is 0.290 e. The lowest BCUT2D eigenvalue weighted by Gasteiger charge is -2.32. The highest BCUT2D eigenvalue weighted by atomic mass is 32.2. The summed E-state index contributed by atoms with van der Waals surface area (Å²) >= 11 is 0.888. The van der Waals surface area contributed by atoms with Gasteiger partial charge in [0.05, 0.1) is 34.5 Å². The van der Waals surface area contributed by atoms with Crippen LogP contribution in [-0.4, -0.2) is 45.7 Å². The highest BCUT2D eigenvalue weighted by molar-refractivity contribution is 8.18. The van der Waals surface area contributed by atoms with E-state index in [2.05, 4.69) is 25.5 Å². The van der Waals surface area contributed by atoms with Crippen LogP contribution in [0.1, 0.15) is 24.2 Å². The van der Waals surface area contributed by atoms with E-state index < -0.39 is 0 Å². The van der Waals surface area contributed by atoms with Gasteiger partial charge in [0, 0.05) is 31.4 Å². The molecular formula is C24H24N6O3S. The number of pyridine rings is 1. The van der Waals surface area contributed by atoms with Crippen molar-refractivity contribution in [2.75, 3.05) is 24.5 Å². The van der Waals surface area contributed by atoms with E-state index in [1.807, 2.05) is 24.3 Å². The SMILES string of the molecule is O=C1NC(=O)C(=Cc2ccnc(N3CCC(CNCc4cccc(-c5ccoc5)n4)CC3)n2)S1. The summed E-state index contributed by atoms with van der Waals surface area (Å²) in [6, 6.07) is 9.68.